The molecule has 0 aliphatic carbocycles. The zero-order chi connectivity index (χ0) is 15.6. The molecule has 1 aromatic carbocycles. The summed E-state index contributed by atoms with van der Waals surface area (Å²) in [6.45, 7) is 3.83. The summed E-state index contributed by atoms with van der Waals surface area (Å²) >= 11 is 0. The van der Waals surface area contributed by atoms with Crippen LogP contribution in [0.4, 0.5) is 0 Å². The van der Waals surface area contributed by atoms with E-state index in [1.807, 2.05) is 24.4 Å². The van der Waals surface area contributed by atoms with Gasteiger partial charge in [-0.15, -0.1) is 0 Å². The lowest BCUT2D eigenvalue weighted by atomic mass is 10.1. The van der Waals surface area contributed by atoms with Gasteiger partial charge in [0.1, 0.15) is 0 Å². The fraction of sp³-hybridized carbons (Fsp3) is 0.333. The van der Waals surface area contributed by atoms with Gasteiger partial charge in [0.25, 0.3) is 0 Å². The standard InChI is InChI=1S/C18H20N4O/c1-13-6-8-14(9-7-13)18-20-17(23-21-18)12-22-11-3-5-16(22)15-4-2-10-19-15/h2,4,6-10,16,19H,3,5,11-12H2,1H3/t16-/m0/s1. The molecule has 5 heteroatoms. The number of benzene rings is 1. The van der Waals surface area contributed by atoms with E-state index in [9.17, 15) is 0 Å². The maximum absolute atomic E-state index is 5.46. The maximum atomic E-state index is 5.46. The van der Waals surface area contributed by atoms with Gasteiger partial charge in [0, 0.05) is 17.5 Å². The van der Waals surface area contributed by atoms with E-state index in [-0.39, 0.29) is 0 Å². The molecule has 0 bridgehead atoms. The van der Waals surface area contributed by atoms with Gasteiger partial charge in [-0.05, 0) is 38.4 Å². The van der Waals surface area contributed by atoms with Crippen LogP contribution in [-0.4, -0.2) is 26.6 Å². The molecule has 1 atom stereocenters. The van der Waals surface area contributed by atoms with Gasteiger partial charge in [0.2, 0.25) is 11.7 Å². The van der Waals surface area contributed by atoms with Crippen molar-refractivity contribution in [3.8, 4) is 11.4 Å². The number of H-pyrrole nitrogens is 1. The number of nitrogens with one attached hydrogen (secondary N) is 1. The Labute approximate surface area is 135 Å². The van der Waals surface area contributed by atoms with Gasteiger partial charge < -0.3 is 9.51 Å². The van der Waals surface area contributed by atoms with Crippen LogP contribution >= 0.6 is 0 Å². The largest absolute Gasteiger partial charge is 0.364 e. The first-order valence-corrected chi connectivity index (χ1v) is 8.06. The third kappa shape index (κ3) is 2.92. The van der Waals surface area contributed by atoms with E-state index in [1.54, 1.807) is 0 Å². The molecular weight excluding hydrogens is 288 g/mol. The average molecular weight is 308 g/mol. The Morgan fingerprint density at radius 3 is 2.91 bits per heavy atom. The van der Waals surface area contributed by atoms with Gasteiger partial charge >= 0.3 is 0 Å². The fourth-order valence-corrected chi connectivity index (χ4v) is 3.23. The first-order valence-electron chi connectivity index (χ1n) is 8.06. The minimum atomic E-state index is 0.416. The molecule has 118 valence electrons. The van der Waals surface area contributed by atoms with Gasteiger partial charge in [-0.3, -0.25) is 4.90 Å². The van der Waals surface area contributed by atoms with E-state index in [2.05, 4.69) is 45.1 Å². The molecule has 0 saturated carbocycles. The Hall–Kier alpha value is -2.40. The van der Waals surface area contributed by atoms with Crippen LogP contribution in [0.2, 0.25) is 0 Å². The Kier molecular flexibility index (Phi) is 3.71. The minimum Gasteiger partial charge on any atom is -0.364 e. The number of hydrogen-bond acceptors (Lipinski definition) is 4. The molecule has 5 nitrogen and oxygen atoms in total. The molecule has 1 N–H and O–H groups in total. The van der Waals surface area contributed by atoms with Crippen molar-refractivity contribution in [2.45, 2.75) is 32.4 Å². The van der Waals surface area contributed by atoms with Crippen LogP contribution in [0.25, 0.3) is 11.4 Å². The Bertz CT molecular complexity index is 761. The molecule has 1 fully saturated rings. The number of aromatic nitrogens is 3. The molecule has 1 saturated heterocycles. The second-order valence-corrected chi connectivity index (χ2v) is 6.13. The quantitative estimate of drug-likeness (QED) is 0.798. The zero-order valence-electron chi connectivity index (χ0n) is 13.2. The predicted molar refractivity (Wildman–Crippen MR) is 87.6 cm³/mol. The van der Waals surface area contributed by atoms with Gasteiger partial charge in [-0.1, -0.05) is 35.0 Å². The summed E-state index contributed by atoms with van der Waals surface area (Å²) in [6.07, 6.45) is 4.34. The predicted octanol–water partition coefficient (Wildman–Crippen LogP) is 3.71. The van der Waals surface area contributed by atoms with Crippen molar-refractivity contribution in [2.24, 2.45) is 0 Å². The van der Waals surface area contributed by atoms with Crippen molar-refractivity contribution >= 4 is 0 Å². The molecule has 0 radical (unpaired) electrons. The smallest absolute Gasteiger partial charge is 0.241 e. The van der Waals surface area contributed by atoms with Crippen molar-refractivity contribution in [3.63, 3.8) is 0 Å². The number of aryl methyl sites for hydroxylation is 1. The molecule has 0 unspecified atom stereocenters. The molecule has 1 aliphatic rings. The van der Waals surface area contributed by atoms with Crippen LogP contribution in [0.15, 0.2) is 47.1 Å². The second kappa shape index (κ2) is 6.01. The topological polar surface area (TPSA) is 58.0 Å². The van der Waals surface area contributed by atoms with Crippen molar-refractivity contribution in [2.75, 3.05) is 6.54 Å². The van der Waals surface area contributed by atoms with E-state index in [0.29, 0.717) is 24.3 Å². The summed E-state index contributed by atoms with van der Waals surface area (Å²) in [5.41, 5.74) is 3.48. The summed E-state index contributed by atoms with van der Waals surface area (Å²) < 4.78 is 5.46. The molecule has 4 rings (SSSR count). The molecule has 3 heterocycles. The first kappa shape index (κ1) is 14.2. The van der Waals surface area contributed by atoms with Crippen molar-refractivity contribution in [1.82, 2.24) is 20.0 Å². The highest BCUT2D eigenvalue weighted by atomic mass is 16.5. The SMILES string of the molecule is Cc1ccc(-c2noc(CN3CCC[C@H]3c3ccc[nH]3)n2)cc1. The van der Waals surface area contributed by atoms with E-state index in [1.165, 1.54) is 24.1 Å². The number of likely N-dealkylation sites (tertiary alicyclic amines) is 1. The lowest BCUT2D eigenvalue weighted by molar-refractivity contribution is 0.210. The normalized spacial score (nSPS) is 18.6. The fourth-order valence-electron chi connectivity index (χ4n) is 3.23. The summed E-state index contributed by atoms with van der Waals surface area (Å²) in [5.74, 6) is 1.34. The highest BCUT2D eigenvalue weighted by Crippen LogP contribution is 2.32. The average Bonchev–Trinajstić information content (AvgIpc) is 3.29. The summed E-state index contributed by atoms with van der Waals surface area (Å²) in [6, 6.07) is 12.8. The Morgan fingerprint density at radius 1 is 1.26 bits per heavy atom. The van der Waals surface area contributed by atoms with Crippen LogP contribution in [0.5, 0.6) is 0 Å². The Morgan fingerprint density at radius 2 is 2.13 bits per heavy atom. The Balaban J connectivity index is 1.50. The lowest BCUT2D eigenvalue weighted by Crippen LogP contribution is -2.23. The summed E-state index contributed by atoms with van der Waals surface area (Å²) in [4.78, 5) is 10.3. The van der Waals surface area contributed by atoms with Crippen molar-refractivity contribution in [3.05, 3.63) is 59.7 Å². The van der Waals surface area contributed by atoms with Crippen molar-refractivity contribution in [1.29, 1.82) is 0 Å². The zero-order valence-corrected chi connectivity index (χ0v) is 13.2. The monoisotopic (exact) mass is 308 g/mol. The molecule has 3 aromatic rings. The third-order valence-corrected chi connectivity index (χ3v) is 4.46. The van der Waals surface area contributed by atoms with E-state index in [0.717, 1.165) is 12.1 Å². The molecule has 0 amide bonds. The number of aromatic amines is 1. The van der Waals surface area contributed by atoms with E-state index in [4.69, 9.17) is 4.52 Å². The molecule has 0 spiro atoms. The number of rotatable bonds is 4. The van der Waals surface area contributed by atoms with Crippen LogP contribution in [0.1, 0.15) is 36.0 Å². The van der Waals surface area contributed by atoms with Gasteiger partial charge in [0.05, 0.1) is 12.6 Å². The van der Waals surface area contributed by atoms with Gasteiger partial charge in [0.15, 0.2) is 0 Å². The molecule has 2 aromatic heterocycles. The highest BCUT2D eigenvalue weighted by Gasteiger charge is 2.28. The van der Waals surface area contributed by atoms with Crippen LogP contribution in [0.3, 0.4) is 0 Å². The third-order valence-electron chi connectivity index (χ3n) is 4.46. The van der Waals surface area contributed by atoms with Crippen LogP contribution < -0.4 is 0 Å². The lowest BCUT2D eigenvalue weighted by Gasteiger charge is -2.21. The summed E-state index contributed by atoms with van der Waals surface area (Å²) in [5, 5.41) is 4.13. The second-order valence-electron chi connectivity index (χ2n) is 6.13. The molecule has 23 heavy (non-hydrogen) atoms. The minimum absolute atomic E-state index is 0.416. The first-order chi connectivity index (χ1) is 11.3. The van der Waals surface area contributed by atoms with Crippen LogP contribution in [0, 0.1) is 6.92 Å². The number of hydrogen-bond donors (Lipinski definition) is 1. The van der Waals surface area contributed by atoms with Crippen LogP contribution in [-0.2, 0) is 6.54 Å². The molecule has 1 aliphatic heterocycles. The van der Waals surface area contributed by atoms with Gasteiger partial charge in [-0.25, -0.2) is 0 Å². The summed E-state index contributed by atoms with van der Waals surface area (Å²) in [7, 11) is 0. The van der Waals surface area contributed by atoms with E-state index < -0.39 is 0 Å². The maximum Gasteiger partial charge on any atom is 0.241 e. The van der Waals surface area contributed by atoms with Gasteiger partial charge in [-0.2, -0.15) is 4.98 Å². The van der Waals surface area contributed by atoms with E-state index >= 15 is 0 Å². The molecular formula is C18H20N4O. The highest BCUT2D eigenvalue weighted by molar-refractivity contribution is 5.54. The van der Waals surface area contributed by atoms with Crippen molar-refractivity contribution < 1.29 is 4.52 Å². The number of nitrogens with zero attached hydrogens (tertiary/aromatic N) is 3.